The third-order valence-electron chi connectivity index (χ3n) is 3.64. The van der Waals surface area contributed by atoms with Gasteiger partial charge in [0.1, 0.15) is 18.1 Å². The van der Waals surface area contributed by atoms with Crippen molar-refractivity contribution in [2.45, 2.75) is 26.6 Å². The SMILES string of the molecule is CC(C)Oc1ccc(-c2cccc(OCc3ccccc3)c2)cc1. The topological polar surface area (TPSA) is 18.5 Å². The van der Waals surface area contributed by atoms with Crippen molar-refractivity contribution in [3.63, 3.8) is 0 Å². The van der Waals surface area contributed by atoms with Gasteiger partial charge < -0.3 is 9.47 Å². The van der Waals surface area contributed by atoms with Gasteiger partial charge in [0, 0.05) is 0 Å². The van der Waals surface area contributed by atoms with Crippen LogP contribution in [0.15, 0.2) is 78.9 Å². The van der Waals surface area contributed by atoms with Crippen molar-refractivity contribution >= 4 is 0 Å². The van der Waals surface area contributed by atoms with Crippen molar-refractivity contribution in [1.29, 1.82) is 0 Å². The molecular formula is C22H22O2. The molecule has 0 atom stereocenters. The summed E-state index contributed by atoms with van der Waals surface area (Å²) in [7, 11) is 0. The second-order valence-corrected chi connectivity index (χ2v) is 5.99. The lowest BCUT2D eigenvalue weighted by atomic mass is 10.1. The fraction of sp³-hybridized carbons (Fsp3) is 0.182. The second-order valence-electron chi connectivity index (χ2n) is 5.99. The van der Waals surface area contributed by atoms with Crippen LogP contribution >= 0.6 is 0 Å². The van der Waals surface area contributed by atoms with Crippen LogP contribution in [-0.2, 0) is 6.61 Å². The largest absolute Gasteiger partial charge is 0.491 e. The first-order valence-corrected chi connectivity index (χ1v) is 8.24. The van der Waals surface area contributed by atoms with Gasteiger partial charge in [0.25, 0.3) is 0 Å². The van der Waals surface area contributed by atoms with Crippen LogP contribution < -0.4 is 9.47 Å². The molecule has 0 saturated heterocycles. The van der Waals surface area contributed by atoms with Crippen molar-refractivity contribution in [2.24, 2.45) is 0 Å². The molecule has 2 nitrogen and oxygen atoms in total. The van der Waals surface area contributed by atoms with Gasteiger partial charge in [-0.25, -0.2) is 0 Å². The Bertz CT molecular complexity index is 761. The Kier molecular flexibility index (Phi) is 5.17. The Balaban J connectivity index is 1.70. The number of hydrogen-bond donors (Lipinski definition) is 0. The van der Waals surface area contributed by atoms with Gasteiger partial charge in [0.2, 0.25) is 0 Å². The van der Waals surface area contributed by atoms with E-state index in [4.69, 9.17) is 9.47 Å². The van der Waals surface area contributed by atoms with E-state index < -0.39 is 0 Å². The maximum absolute atomic E-state index is 5.91. The van der Waals surface area contributed by atoms with Crippen LogP contribution in [0.25, 0.3) is 11.1 Å². The quantitative estimate of drug-likeness (QED) is 0.578. The number of ether oxygens (including phenoxy) is 2. The van der Waals surface area contributed by atoms with Crippen LogP contribution in [0.3, 0.4) is 0 Å². The summed E-state index contributed by atoms with van der Waals surface area (Å²) in [6.45, 7) is 4.63. The molecule has 0 aliphatic heterocycles. The van der Waals surface area contributed by atoms with Crippen LogP contribution in [0.4, 0.5) is 0 Å². The Hall–Kier alpha value is -2.74. The molecule has 0 aliphatic rings. The van der Waals surface area contributed by atoms with Crippen LogP contribution in [0.5, 0.6) is 11.5 Å². The zero-order valence-electron chi connectivity index (χ0n) is 14.1. The van der Waals surface area contributed by atoms with Gasteiger partial charge >= 0.3 is 0 Å². The van der Waals surface area contributed by atoms with Gasteiger partial charge in [0.05, 0.1) is 6.10 Å². The van der Waals surface area contributed by atoms with Crippen molar-refractivity contribution in [1.82, 2.24) is 0 Å². The van der Waals surface area contributed by atoms with E-state index in [2.05, 4.69) is 36.4 Å². The maximum atomic E-state index is 5.91. The second kappa shape index (κ2) is 7.69. The van der Waals surface area contributed by atoms with Crippen LogP contribution in [0.1, 0.15) is 19.4 Å². The molecule has 0 amide bonds. The molecule has 0 spiro atoms. The Morgan fingerprint density at radius 2 is 1.46 bits per heavy atom. The molecule has 3 aromatic carbocycles. The van der Waals surface area contributed by atoms with Crippen LogP contribution in [0.2, 0.25) is 0 Å². The van der Waals surface area contributed by atoms with Crippen molar-refractivity contribution in [2.75, 3.05) is 0 Å². The highest BCUT2D eigenvalue weighted by atomic mass is 16.5. The molecule has 3 aromatic rings. The fourth-order valence-corrected chi connectivity index (χ4v) is 2.50. The molecule has 3 rings (SSSR count). The molecule has 0 fully saturated rings. The minimum atomic E-state index is 0.186. The highest BCUT2D eigenvalue weighted by molar-refractivity contribution is 5.65. The lowest BCUT2D eigenvalue weighted by molar-refractivity contribution is 0.242. The number of rotatable bonds is 6. The molecule has 0 aliphatic carbocycles. The monoisotopic (exact) mass is 318 g/mol. The van der Waals surface area contributed by atoms with E-state index in [1.807, 2.05) is 56.3 Å². The highest BCUT2D eigenvalue weighted by Crippen LogP contribution is 2.26. The van der Waals surface area contributed by atoms with E-state index in [1.165, 1.54) is 0 Å². The molecule has 2 heteroatoms. The first kappa shape index (κ1) is 16.1. The van der Waals surface area contributed by atoms with E-state index >= 15 is 0 Å². The number of hydrogen-bond acceptors (Lipinski definition) is 2. The fourth-order valence-electron chi connectivity index (χ4n) is 2.50. The molecule has 122 valence electrons. The molecule has 24 heavy (non-hydrogen) atoms. The highest BCUT2D eigenvalue weighted by Gasteiger charge is 2.03. The molecule has 0 N–H and O–H groups in total. The van der Waals surface area contributed by atoms with Gasteiger partial charge in [-0.1, -0.05) is 54.6 Å². The summed E-state index contributed by atoms with van der Waals surface area (Å²) in [6.07, 6.45) is 0.186. The van der Waals surface area contributed by atoms with Gasteiger partial charge in [0.15, 0.2) is 0 Å². The van der Waals surface area contributed by atoms with Crippen molar-refractivity contribution in [3.8, 4) is 22.6 Å². The summed E-state index contributed by atoms with van der Waals surface area (Å²) < 4.78 is 11.6. The van der Waals surface area contributed by atoms with E-state index in [9.17, 15) is 0 Å². The van der Waals surface area contributed by atoms with E-state index in [1.54, 1.807) is 0 Å². The Labute approximate surface area is 143 Å². The first-order chi connectivity index (χ1) is 11.7. The summed E-state index contributed by atoms with van der Waals surface area (Å²) in [5, 5.41) is 0. The molecule has 0 saturated carbocycles. The third kappa shape index (κ3) is 4.39. The molecule has 0 heterocycles. The molecule has 0 bridgehead atoms. The Morgan fingerprint density at radius 1 is 0.708 bits per heavy atom. The van der Waals surface area contributed by atoms with Gasteiger partial charge in [-0.2, -0.15) is 0 Å². The summed E-state index contributed by atoms with van der Waals surface area (Å²) >= 11 is 0. The summed E-state index contributed by atoms with van der Waals surface area (Å²) in [6, 6.07) is 26.5. The standard InChI is InChI=1S/C22H22O2/c1-17(2)24-21-13-11-19(12-14-21)20-9-6-10-22(15-20)23-16-18-7-4-3-5-8-18/h3-15,17H,16H2,1-2H3. The average molecular weight is 318 g/mol. The molecular weight excluding hydrogens is 296 g/mol. The molecule has 0 unspecified atom stereocenters. The zero-order chi connectivity index (χ0) is 16.8. The van der Waals surface area contributed by atoms with Gasteiger partial charge in [-0.15, -0.1) is 0 Å². The average Bonchev–Trinajstić information content (AvgIpc) is 2.61. The summed E-state index contributed by atoms with van der Waals surface area (Å²) in [5.41, 5.74) is 3.45. The van der Waals surface area contributed by atoms with E-state index in [0.29, 0.717) is 6.61 Å². The van der Waals surface area contributed by atoms with Gasteiger partial charge in [-0.3, -0.25) is 0 Å². The van der Waals surface area contributed by atoms with E-state index in [0.717, 1.165) is 28.2 Å². The number of benzene rings is 3. The molecule has 0 radical (unpaired) electrons. The smallest absolute Gasteiger partial charge is 0.120 e. The van der Waals surface area contributed by atoms with Crippen LogP contribution in [-0.4, -0.2) is 6.10 Å². The summed E-state index contributed by atoms with van der Waals surface area (Å²) in [4.78, 5) is 0. The predicted octanol–water partition coefficient (Wildman–Crippen LogP) is 5.72. The zero-order valence-corrected chi connectivity index (χ0v) is 14.1. The van der Waals surface area contributed by atoms with Crippen molar-refractivity contribution < 1.29 is 9.47 Å². The first-order valence-electron chi connectivity index (χ1n) is 8.24. The van der Waals surface area contributed by atoms with Gasteiger partial charge in [-0.05, 0) is 54.8 Å². The molecule has 0 aromatic heterocycles. The minimum absolute atomic E-state index is 0.186. The minimum Gasteiger partial charge on any atom is -0.491 e. The Morgan fingerprint density at radius 3 is 2.17 bits per heavy atom. The third-order valence-corrected chi connectivity index (χ3v) is 3.64. The maximum Gasteiger partial charge on any atom is 0.120 e. The summed E-state index contributed by atoms with van der Waals surface area (Å²) in [5.74, 6) is 1.77. The lowest BCUT2D eigenvalue weighted by Crippen LogP contribution is -2.05. The predicted molar refractivity (Wildman–Crippen MR) is 98.4 cm³/mol. The van der Waals surface area contributed by atoms with E-state index in [-0.39, 0.29) is 6.10 Å². The van der Waals surface area contributed by atoms with Crippen LogP contribution in [0, 0.1) is 0 Å². The lowest BCUT2D eigenvalue weighted by Gasteiger charge is -2.11. The van der Waals surface area contributed by atoms with Crippen molar-refractivity contribution in [3.05, 3.63) is 84.4 Å². The normalized spacial score (nSPS) is 10.6.